The van der Waals surface area contributed by atoms with E-state index < -0.39 is 11.8 Å². The SMILES string of the molecule is C[NH+](C)CCNC(=O)[C@@H]1COC2(CCCCC2)N1C(=O)c1ccc(Cl)cc1. The maximum absolute atomic E-state index is 13.3. The van der Waals surface area contributed by atoms with Gasteiger partial charge < -0.3 is 15.0 Å². The lowest BCUT2D eigenvalue weighted by Gasteiger charge is -2.41. The molecule has 1 aliphatic carbocycles. The first kappa shape index (κ1) is 20.1. The molecule has 148 valence electrons. The second kappa shape index (κ2) is 8.59. The summed E-state index contributed by atoms with van der Waals surface area (Å²) >= 11 is 5.96. The fraction of sp³-hybridized carbons (Fsp3) is 0.600. The summed E-state index contributed by atoms with van der Waals surface area (Å²) < 4.78 is 6.13. The molecule has 2 N–H and O–H groups in total. The van der Waals surface area contributed by atoms with E-state index in [1.165, 1.54) is 4.90 Å². The smallest absolute Gasteiger partial charge is 0.256 e. The van der Waals surface area contributed by atoms with E-state index >= 15 is 0 Å². The van der Waals surface area contributed by atoms with Gasteiger partial charge in [0, 0.05) is 10.6 Å². The number of quaternary nitrogens is 1. The Morgan fingerprint density at radius 2 is 1.89 bits per heavy atom. The van der Waals surface area contributed by atoms with Gasteiger partial charge in [-0.25, -0.2) is 0 Å². The second-order valence-electron chi connectivity index (χ2n) is 7.76. The van der Waals surface area contributed by atoms with Gasteiger partial charge in [-0.1, -0.05) is 18.0 Å². The van der Waals surface area contributed by atoms with Crippen molar-refractivity contribution < 1.29 is 19.2 Å². The number of nitrogens with zero attached hydrogens (tertiary/aromatic N) is 1. The number of carbonyl (C=O) groups is 2. The van der Waals surface area contributed by atoms with Crippen molar-refractivity contribution in [2.45, 2.75) is 43.9 Å². The topological polar surface area (TPSA) is 63.1 Å². The lowest BCUT2D eigenvalue weighted by Crippen LogP contribution is -3.06. The zero-order valence-electron chi connectivity index (χ0n) is 16.1. The monoisotopic (exact) mass is 394 g/mol. The molecule has 1 aromatic rings. The Labute approximate surface area is 165 Å². The highest BCUT2D eigenvalue weighted by molar-refractivity contribution is 6.30. The summed E-state index contributed by atoms with van der Waals surface area (Å²) in [6.45, 7) is 1.66. The van der Waals surface area contributed by atoms with Crippen LogP contribution in [0.1, 0.15) is 42.5 Å². The molecule has 0 bridgehead atoms. The molecule has 2 fully saturated rings. The number of hydrogen-bond donors (Lipinski definition) is 2. The molecule has 1 aromatic carbocycles. The minimum Gasteiger partial charge on any atom is -0.353 e. The third-order valence-electron chi connectivity index (χ3n) is 5.43. The molecule has 0 aromatic heterocycles. The van der Waals surface area contributed by atoms with E-state index in [-0.39, 0.29) is 18.4 Å². The van der Waals surface area contributed by atoms with Crippen molar-refractivity contribution in [1.29, 1.82) is 0 Å². The van der Waals surface area contributed by atoms with Gasteiger partial charge in [-0.05, 0) is 49.9 Å². The molecule has 1 aliphatic heterocycles. The third kappa shape index (κ3) is 4.45. The summed E-state index contributed by atoms with van der Waals surface area (Å²) in [7, 11) is 4.08. The predicted molar refractivity (Wildman–Crippen MR) is 104 cm³/mol. The Kier molecular flexibility index (Phi) is 6.40. The molecule has 1 heterocycles. The number of halogens is 1. The van der Waals surface area contributed by atoms with Crippen LogP contribution in [0, 0.1) is 0 Å². The van der Waals surface area contributed by atoms with Crippen molar-refractivity contribution in [1.82, 2.24) is 10.2 Å². The van der Waals surface area contributed by atoms with Crippen LogP contribution >= 0.6 is 11.6 Å². The van der Waals surface area contributed by atoms with Gasteiger partial charge in [-0.2, -0.15) is 0 Å². The molecule has 0 unspecified atom stereocenters. The van der Waals surface area contributed by atoms with E-state index in [1.807, 2.05) is 14.1 Å². The number of carbonyl (C=O) groups excluding carboxylic acids is 2. The third-order valence-corrected chi connectivity index (χ3v) is 5.68. The number of rotatable bonds is 5. The van der Waals surface area contributed by atoms with Crippen LogP contribution in [0.4, 0.5) is 0 Å². The Morgan fingerprint density at radius 3 is 2.52 bits per heavy atom. The summed E-state index contributed by atoms with van der Waals surface area (Å²) in [5.41, 5.74) is -0.130. The molecule has 6 nitrogen and oxygen atoms in total. The Morgan fingerprint density at radius 1 is 1.22 bits per heavy atom. The Hall–Kier alpha value is -1.63. The minimum absolute atomic E-state index is 0.138. The van der Waals surface area contributed by atoms with Crippen LogP contribution in [-0.4, -0.2) is 62.3 Å². The van der Waals surface area contributed by atoms with E-state index in [4.69, 9.17) is 16.3 Å². The van der Waals surface area contributed by atoms with Crippen molar-refractivity contribution in [3.05, 3.63) is 34.9 Å². The van der Waals surface area contributed by atoms with Crippen molar-refractivity contribution in [2.24, 2.45) is 0 Å². The zero-order valence-corrected chi connectivity index (χ0v) is 16.8. The molecule has 1 spiro atoms. The summed E-state index contributed by atoms with van der Waals surface area (Å²) in [4.78, 5) is 29.1. The fourth-order valence-electron chi connectivity index (χ4n) is 3.96. The van der Waals surface area contributed by atoms with E-state index in [9.17, 15) is 9.59 Å². The standard InChI is InChI=1S/C20H28ClN3O3/c1-23(2)13-12-22-18(25)17-14-27-20(10-4-3-5-11-20)24(17)19(26)15-6-8-16(21)9-7-15/h6-9,17H,3-5,10-14H2,1-2H3,(H,22,25)/p+1/t17-/m0/s1. The maximum atomic E-state index is 13.3. The fourth-order valence-corrected chi connectivity index (χ4v) is 4.08. The van der Waals surface area contributed by atoms with Crippen molar-refractivity contribution >= 4 is 23.4 Å². The summed E-state index contributed by atoms with van der Waals surface area (Å²) in [6.07, 6.45) is 4.69. The first-order chi connectivity index (χ1) is 12.9. The predicted octanol–water partition coefficient (Wildman–Crippen LogP) is 1.10. The van der Waals surface area contributed by atoms with E-state index in [0.29, 0.717) is 17.1 Å². The molecule has 7 heteroatoms. The molecule has 2 aliphatic rings. The molecular weight excluding hydrogens is 366 g/mol. The van der Waals surface area contributed by atoms with Crippen molar-refractivity contribution in [3.63, 3.8) is 0 Å². The maximum Gasteiger partial charge on any atom is 0.256 e. The lowest BCUT2D eigenvalue weighted by molar-refractivity contribution is -0.856. The Bertz CT molecular complexity index is 672. The van der Waals surface area contributed by atoms with Gasteiger partial charge in [0.1, 0.15) is 11.8 Å². The highest BCUT2D eigenvalue weighted by Crippen LogP contribution is 2.41. The number of likely N-dealkylation sites (N-methyl/N-ethyl adjacent to an activating group) is 1. The second-order valence-corrected chi connectivity index (χ2v) is 8.20. The van der Waals surface area contributed by atoms with Gasteiger partial charge in [0.2, 0.25) is 5.91 Å². The van der Waals surface area contributed by atoms with Crippen LogP contribution in [-0.2, 0) is 9.53 Å². The largest absolute Gasteiger partial charge is 0.353 e. The molecular formula is C20H29ClN3O3+. The van der Waals surface area contributed by atoms with Gasteiger partial charge in [-0.15, -0.1) is 0 Å². The lowest BCUT2D eigenvalue weighted by atomic mass is 9.89. The van der Waals surface area contributed by atoms with E-state index in [0.717, 1.165) is 38.6 Å². The molecule has 2 amide bonds. The van der Waals surface area contributed by atoms with Gasteiger partial charge in [0.05, 0.1) is 33.8 Å². The van der Waals surface area contributed by atoms with Crippen LogP contribution in [0.15, 0.2) is 24.3 Å². The normalized spacial score (nSPS) is 21.6. The van der Waals surface area contributed by atoms with Gasteiger partial charge in [0.25, 0.3) is 5.91 Å². The van der Waals surface area contributed by atoms with Crippen molar-refractivity contribution in [3.8, 4) is 0 Å². The molecule has 27 heavy (non-hydrogen) atoms. The summed E-state index contributed by atoms with van der Waals surface area (Å²) in [5, 5.41) is 3.55. The minimum atomic E-state index is -0.663. The summed E-state index contributed by atoms with van der Waals surface area (Å²) in [5.74, 6) is -0.300. The quantitative estimate of drug-likeness (QED) is 0.786. The number of hydrogen-bond acceptors (Lipinski definition) is 3. The average molecular weight is 395 g/mol. The van der Waals surface area contributed by atoms with Gasteiger partial charge >= 0.3 is 0 Å². The first-order valence-corrected chi connectivity index (χ1v) is 10.1. The highest BCUT2D eigenvalue weighted by Gasteiger charge is 2.52. The molecule has 3 rings (SSSR count). The van der Waals surface area contributed by atoms with Crippen LogP contribution < -0.4 is 10.2 Å². The Balaban J connectivity index is 1.83. The molecule has 0 radical (unpaired) electrons. The highest BCUT2D eigenvalue weighted by atomic mass is 35.5. The molecule has 1 saturated heterocycles. The van der Waals surface area contributed by atoms with Crippen LogP contribution in [0.5, 0.6) is 0 Å². The van der Waals surface area contributed by atoms with E-state index in [1.54, 1.807) is 29.2 Å². The zero-order chi connectivity index (χ0) is 19.4. The van der Waals surface area contributed by atoms with Gasteiger partial charge in [0.15, 0.2) is 0 Å². The summed E-state index contributed by atoms with van der Waals surface area (Å²) in [6, 6.07) is 6.24. The number of amides is 2. The van der Waals surface area contributed by atoms with Crippen LogP contribution in [0.3, 0.4) is 0 Å². The van der Waals surface area contributed by atoms with E-state index in [2.05, 4.69) is 5.32 Å². The first-order valence-electron chi connectivity index (χ1n) is 9.73. The molecule has 1 saturated carbocycles. The molecule has 1 atom stereocenters. The number of benzene rings is 1. The van der Waals surface area contributed by atoms with Crippen LogP contribution in [0.25, 0.3) is 0 Å². The van der Waals surface area contributed by atoms with Crippen LogP contribution in [0.2, 0.25) is 5.02 Å². The number of ether oxygens (including phenoxy) is 1. The van der Waals surface area contributed by atoms with Gasteiger partial charge in [-0.3, -0.25) is 14.5 Å². The van der Waals surface area contributed by atoms with Crippen molar-refractivity contribution in [2.75, 3.05) is 33.8 Å². The number of nitrogens with one attached hydrogen (secondary N) is 2. The average Bonchev–Trinajstić information content (AvgIpc) is 3.00.